The van der Waals surface area contributed by atoms with Crippen LogP contribution in [0.2, 0.25) is 0 Å². The van der Waals surface area contributed by atoms with E-state index in [1.807, 2.05) is 0 Å². The molecule has 3 heteroatoms. The smallest absolute Gasteiger partial charge is 0.240 e. The number of amides is 1. The van der Waals surface area contributed by atoms with E-state index in [0.717, 1.165) is 32.0 Å². The Morgan fingerprint density at radius 1 is 1.35 bits per heavy atom. The van der Waals surface area contributed by atoms with Gasteiger partial charge in [0.05, 0.1) is 12.7 Å². The van der Waals surface area contributed by atoms with Gasteiger partial charge in [0, 0.05) is 6.54 Å². The second-order valence-corrected chi connectivity index (χ2v) is 7.40. The molecular weight excluding hydrogens is 248 g/mol. The lowest BCUT2D eigenvalue weighted by Crippen LogP contribution is -2.39. The molecule has 0 spiro atoms. The van der Waals surface area contributed by atoms with Crippen molar-refractivity contribution in [3.05, 3.63) is 0 Å². The Bertz CT molecular complexity index is 321. The Morgan fingerprint density at radius 3 is 2.65 bits per heavy atom. The van der Waals surface area contributed by atoms with E-state index in [0.29, 0.717) is 11.3 Å². The lowest BCUT2D eigenvalue weighted by atomic mass is 9.78. The van der Waals surface area contributed by atoms with Crippen molar-refractivity contribution in [1.29, 1.82) is 0 Å². The van der Waals surface area contributed by atoms with E-state index in [-0.39, 0.29) is 6.04 Å². The molecule has 0 aromatic carbocycles. The molecule has 0 bridgehead atoms. The van der Waals surface area contributed by atoms with Crippen molar-refractivity contribution in [3.63, 3.8) is 0 Å². The molecule has 1 N–H and O–H groups in total. The topological polar surface area (TPSA) is 32.3 Å². The van der Waals surface area contributed by atoms with Gasteiger partial charge in [0.25, 0.3) is 0 Å². The van der Waals surface area contributed by atoms with Gasteiger partial charge in [-0.3, -0.25) is 10.1 Å². The molecule has 2 fully saturated rings. The summed E-state index contributed by atoms with van der Waals surface area (Å²) in [5.74, 6) is 1.09. The highest BCUT2D eigenvalue weighted by Crippen LogP contribution is 2.44. The zero-order chi connectivity index (χ0) is 14.6. The Hall–Kier alpha value is -0.570. The molecule has 1 atom stereocenters. The second-order valence-electron chi connectivity index (χ2n) is 7.40. The van der Waals surface area contributed by atoms with E-state index in [1.54, 1.807) is 0 Å². The van der Waals surface area contributed by atoms with Gasteiger partial charge < -0.3 is 4.90 Å². The summed E-state index contributed by atoms with van der Waals surface area (Å²) >= 11 is 0. The summed E-state index contributed by atoms with van der Waals surface area (Å²) < 4.78 is 0. The van der Waals surface area contributed by atoms with E-state index in [4.69, 9.17) is 0 Å². The van der Waals surface area contributed by atoms with Crippen molar-refractivity contribution in [3.8, 4) is 0 Å². The molecule has 1 heterocycles. The van der Waals surface area contributed by atoms with Crippen LogP contribution in [-0.4, -0.2) is 30.1 Å². The number of rotatable bonds is 7. The third-order valence-electron chi connectivity index (χ3n) is 5.02. The minimum Gasteiger partial charge on any atom is -0.328 e. The maximum atomic E-state index is 12.5. The van der Waals surface area contributed by atoms with Crippen molar-refractivity contribution in [1.82, 2.24) is 10.2 Å². The standard InChI is InChI=1S/C17H32N2O/c1-4-5-8-15-16(20)19(13-18-15)12-17(11-14(2)3)9-6-7-10-17/h14-15,18H,4-13H2,1-3H3. The Morgan fingerprint density at radius 2 is 2.05 bits per heavy atom. The fraction of sp³-hybridized carbons (Fsp3) is 0.941. The SMILES string of the molecule is CCCCC1NCN(CC2(CC(C)C)CCCC2)C1=O. The average Bonchev–Trinajstić information content (AvgIpc) is 2.96. The van der Waals surface area contributed by atoms with Crippen LogP contribution in [0.3, 0.4) is 0 Å². The maximum absolute atomic E-state index is 12.5. The summed E-state index contributed by atoms with van der Waals surface area (Å²) in [4.78, 5) is 14.6. The Labute approximate surface area is 124 Å². The molecule has 0 radical (unpaired) electrons. The summed E-state index contributed by atoms with van der Waals surface area (Å²) in [6.45, 7) is 8.57. The van der Waals surface area contributed by atoms with Gasteiger partial charge in [-0.1, -0.05) is 46.5 Å². The van der Waals surface area contributed by atoms with Crippen LogP contribution in [0, 0.1) is 11.3 Å². The van der Waals surface area contributed by atoms with Crippen LogP contribution in [0.25, 0.3) is 0 Å². The van der Waals surface area contributed by atoms with Crippen molar-refractivity contribution in [2.45, 2.75) is 78.2 Å². The number of hydrogen-bond donors (Lipinski definition) is 1. The van der Waals surface area contributed by atoms with Crippen molar-refractivity contribution < 1.29 is 4.79 Å². The summed E-state index contributed by atoms with van der Waals surface area (Å²) in [6.07, 6.45) is 9.92. The van der Waals surface area contributed by atoms with Gasteiger partial charge in [0.15, 0.2) is 0 Å². The molecule has 116 valence electrons. The summed E-state index contributed by atoms with van der Waals surface area (Å²) in [5, 5.41) is 3.41. The van der Waals surface area contributed by atoms with Crippen LogP contribution >= 0.6 is 0 Å². The van der Waals surface area contributed by atoms with Crippen LogP contribution in [-0.2, 0) is 4.79 Å². The molecule has 1 aliphatic carbocycles. The van der Waals surface area contributed by atoms with Crippen LogP contribution in [0.1, 0.15) is 72.1 Å². The van der Waals surface area contributed by atoms with Gasteiger partial charge in [-0.15, -0.1) is 0 Å². The first-order valence-corrected chi connectivity index (χ1v) is 8.58. The van der Waals surface area contributed by atoms with Gasteiger partial charge in [-0.25, -0.2) is 0 Å². The molecule has 1 saturated heterocycles. The minimum atomic E-state index is 0.0902. The second kappa shape index (κ2) is 6.93. The Kier molecular flexibility index (Phi) is 5.48. The minimum absolute atomic E-state index is 0.0902. The molecule has 0 aromatic heterocycles. The highest BCUT2D eigenvalue weighted by atomic mass is 16.2. The third-order valence-corrected chi connectivity index (χ3v) is 5.02. The number of carbonyl (C=O) groups excluding carboxylic acids is 1. The lowest BCUT2D eigenvalue weighted by molar-refractivity contribution is -0.130. The van der Waals surface area contributed by atoms with E-state index in [9.17, 15) is 4.79 Å². The highest BCUT2D eigenvalue weighted by Gasteiger charge is 2.40. The van der Waals surface area contributed by atoms with Crippen LogP contribution in [0.4, 0.5) is 0 Å². The van der Waals surface area contributed by atoms with Crippen molar-refractivity contribution >= 4 is 5.91 Å². The molecule has 1 amide bonds. The van der Waals surface area contributed by atoms with Gasteiger partial charge in [0.1, 0.15) is 0 Å². The zero-order valence-electron chi connectivity index (χ0n) is 13.6. The molecular formula is C17H32N2O. The average molecular weight is 280 g/mol. The van der Waals surface area contributed by atoms with Gasteiger partial charge in [-0.2, -0.15) is 0 Å². The first kappa shape index (κ1) is 15.8. The van der Waals surface area contributed by atoms with Crippen LogP contribution < -0.4 is 5.32 Å². The quantitative estimate of drug-likeness (QED) is 0.773. The fourth-order valence-corrected chi connectivity index (χ4v) is 4.20. The maximum Gasteiger partial charge on any atom is 0.240 e. The lowest BCUT2D eigenvalue weighted by Gasteiger charge is -2.35. The fourth-order valence-electron chi connectivity index (χ4n) is 4.20. The van der Waals surface area contributed by atoms with E-state index >= 15 is 0 Å². The monoisotopic (exact) mass is 280 g/mol. The highest BCUT2D eigenvalue weighted by molar-refractivity contribution is 5.83. The molecule has 1 saturated carbocycles. The summed E-state index contributed by atoms with van der Waals surface area (Å²) in [5.41, 5.74) is 0.408. The number of nitrogens with zero attached hydrogens (tertiary/aromatic N) is 1. The zero-order valence-corrected chi connectivity index (χ0v) is 13.6. The van der Waals surface area contributed by atoms with Crippen LogP contribution in [0.15, 0.2) is 0 Å². The molecule has 1 aliphatic heterocycles. The van der Waals surface area contributed by atoms with E-state index in [1.165, 1.54) is 38.5 Å². The molecule has 0 aromatic rings. The van der Waals surface area contributed by atoms with Crippen molar-refractivity contribution in [2.24, 2.45) is 11.3 Å². The van der Waals surface area contributed by atoms with E-state index in [2.05, 4.69) is 31.0 Å². The third kappa shape index (κ3) is 3.75. The number of nitrogens with one attached hydrogen (secondary N) is 1. The normalized spacial score (nSPS) is 25.9. The largest absolute Gasteiger partial charge is 0.328 e. The molecule has 2 aliphatic rings. The molecule has 3 nitrogen and oxygen atoms in total. The molecule has 1 unspecified atom stereocenters. The van der Waals surface area contributed by atoms with Gasteiger partial charge >= 0.3 is 0 Å². The predicted molar refractivity (Wildman–Crippen MR) is 83.4 cm³/mol. The van der Waals surface area contributed by atoms with Crippen molar-refractivity contribution in [2.75, 3.05) is 13.2 Å². The summed E-state index contributed by atoms with van der Waals surface area (Å²) in [6, 6.07) is 0.0902. The van der Waals surface area contributed by atoms with Crippen LogP contribution in [0.5, 0.6) is 0 Å². The van der Waals surface area contributed by atoms with Gasteiger partial charge in [-0.05, 0) is 37.0 Å². The van der Waals surface area contributed by atoms with Gasteiger partial charge in [0.2, 0.25) is 5.91 Å². The number of hydrogen-bond acceptors (Lipinski definition) is 2. The summed E-state index contributed by atoms with van der Waals surface area (Å²) in [7, 11) is 0. The van der Waals surface area contributed by atoms with E-state index < -0.39 is 0 Å². The number of carbonyl (C=O) groups is 1. The number of unbranched alkanes of at least 4 members (excludes halogenated alkanes) is 1. The Balaban J connectivity index is 1.93. The molecule has 2 rings (SSSR count). The predicted octanol–water partition coefficient (Wildman–Crippen LogP) is 3.54. The first-order valence-electron chi connectivity index (χ1n) is 8.58. The molecule has 20 heavy (non-hydrogen) atoms. The first-order chi connectivity index (χ1) is 9.56.